The van der Waals surface area contributed by atoms with Gasteiger partial charge < -0.3 is 9.73 Å². The lowest BCUT2D eigenvalue weighted by Gasteiger charge is -2.32. The van der Waals surface area contributed by atoms with E-state index in [1.54, 1.807) is 0 Å². The summed E-state index contributed by atoms with van der Waals surface area (Å²) >= 11 is 0. The van der Waals surface area contributed by atoms with E-state index in [2.05, 4.69) is 5.32 Å². The van der Waals surface area contributed by atoms with Gasteiger partial charge in [0.2, 0.25) is 5.78 Å². The van der Waals surface area contributed by atoms with Gasteiger partial charge in [0.25, 0.3) is 0 Å². The molecule has 0 saturated carbocycles. The van der Waals surface area contributed by atoms with Crippen LogP contribution in [0.5, 0.6) is 0 Å². The summed E-state index contributed by atoms with van der Waals surface area (Å²) in [6, 6.07) is 7.84. The second kappa shape index (κ2) is 4.49. The molecule has 1 aromatic heterocycles. The Bertz CT molecular complexity index is 621. The van der Waals surface area contributed by atoms with Crippen molar-refractivity contribution in [3.05, 3.63) is 35.6 Å². The summed E-state index contributed by atoms with van der Waals surface area (Å²) in [6.45, 7) is 4.92. The molecule has 3 nitrogen and oxygen atoms in total. The maximum Gasteiger partial charge on any atom is 0.217 e. The molecule has 1 aliphatic rings. The Hall–Kier alpha value is -1.61. The van der Waals surface area contributed by atoms with E-state index in [0.717, 1.165) is 36.8 Å². The molecule has 2 heterocycles. The minimum atomic E-state index is -0.471. The van der Waals surface area contributed by atoms with E-state index in [1.807, 2.05) is 38.1 Å². The lowest BCUT2D eigenvalue weighted by atomic mass is 9.86. The average Bonchev–Trinajstić information content (AvgIpc) is 2.81. The van der Waals surface area contributed by atoms with Crippen LogP contribution in [0, 0.1) is 6.92 Å². The number of hydrogen-bond acceptors (Lipinski definition) is 3. The summed E-state index contributed by atoms with van der Waals surface area (Å²) in [5.74, 6) is 0.540. The van der Waals surface area contributed by atoms with Crippen LogP contribution in [-0.2, 0) is 0 Å². The van der Waals surface area contributed by atoms with E-state index in [1.165, 1.54) is 5.56 Å². The summed E-state index contributed by atoms with van der Waals surface area (Å²) in [7, 11) is 0. The molecule has 0 bridgehead atoms. The fourth-order valence-corrected chi connectivity index (χ4v) is 2.80. The largest absolute Gasteiger partial charge is 0.453 e. The molecule has 1 aromatic carbocycles. The maximum absolute atomic E-state index is 12.6. The highest BCUT2D eigenvalue weighted by atomic mass is 16.3. The Labute approximate surface area is 113 Å². The number of benzene rings is 1. The van der Waals surface area contributed by atoms with Crippen LogP contribution in [0.25, 0.3) is 11.0 Å². The molecule has 1 aliphatic heterocycles. The fourth-order valence-electron chi connectivity index (χ4n) is 2.80. The SMILES string of the molecule is Cc1ccc2oc(C(=O)C3(C)CCCCN3)cc2c1. The van der Waals surface area contributed by atoms with E-state index in [9.17, 15) is 4.79 Å². The van der Waals surface area contributed by atoms with Crippen LogP contribution < -0.4 is 5.32 Å². The van der Waals surface area contributed by atoms with E-state index in [0.29, 0.717) is 5.76 Å². The highest BCUT2D eigenvalue weighted by Gasteiger charge is 2.36. The van der Waals surface area contributed by atoms with Gasteiger partial charge in [-0.1, -0.05) is 11.6 Å². The first-order valence-electron chi connectivity index (χ1n) is 6.88. The lowest BCUT2D eigenvalue weighted by molar-refractivity contribution is 0.0807. The number of nitrogens with one attached hydrogen (secondary N) is 1. The fraction of sp³-hybridized carbons (Fsp3) is 0.438. The zero-order valence-electron chi connectivity index (χ0n) is 11.5. The number of fused-ring (bicyclic) bond motifs is 1. The Kier molecular flexibility index (Phi) is 2.94. The van der Waals surface area contributed by atoms with Crippen LogP contribution in [-0.4, -0.2) is 17.9 Å². The quantitative estimate of drug-likeness (QED) is 0.838. The molecule has 0 amide bonds. The molecule has 1 unspecified atom stereocenters. The van der Waals surface area contributed by atoms with Gasteiger partial charge in [-0.3, -0.25) is 4.79 Å². The van der Waals surface area contributed by atoms with Crippen LogP contribution in [0.4, 0.5) is 0 Å². The monoisotopic (exact) mass is 257 g/mol. The summed E-state index contributed by atoms with van der Waals surface area (Å²) in [5.41, 5.74) is 1.49. The molecule has 1 N–H and O–H groups in total. The molecule has 1 saturated heterocycles. The first-order chi connectivity index (χ1) is 9.08. The third-order valence-electron chi connectivity index (χ3n) is 4.02. The number of rotatable bonds is 2. The van der Waals surface area contributed by atoms with Crippen molar-refractivity contribution in [2.75, 3.05) is 6.54 Å². The van der Waals surface area contributed by atoms with Crippen molar-refractivity contribution < 1.29 is 9.21 Å². The third-order valence-corrected chi connectivity index (χ3v) is 4.02. The van der Waals surface area contributed by atoms with Gasteiger partial charge >= 0.3 is 0 Å². The zero-order valence-corrected chi connectivity index (χ0v) is 11.5. The van der Waals surface area contributed by atoms with Crippen molar-refractivity contribution in [1.82, 2.24) is 5.32 Å². The molecule has 1 fully saturated rings. The standard InChI is InChI=1S/C16H19NO2/c1-11-5-6-13-12(9-11)10-14(19-13)15(18)16(2)7-3-4-8-17-16/h5-6,9-10,17H,3-4,7-8H2,1-2H3. The molecule has 2 aromatic rings. The molecule has 1 atom stereocenters. The second-order valence-electron chi connectivity index (χ2n) is 5.70. The van der Waals surface area contributed by atoms with Crippen molar-refractivity contribution in [2.45, 2.75) is 38.6 Å². The number of carbonyl (C=O) groups excluding carboxylic acids is 1. The minimum Gasteiger partial charge on any atom is -0.453 e. The molecule has 0 radical (unpaired) electrons. The molecule has 19 heavy (non-hydrogen) atoms. The van der Waals surface area contributed by atoms with E-state index in [-0.39, 0.29) is 5.78 Å². The van der Waals surface area contributed by atoms with Crippen LogP contribution in [0.2, 0.25) is 0 Å². The highest BCUT2D eigenvalue weighted by Crippen LogP contribution is 2.27. The number of carbonyl (C=O) groups is 1. The van der Waals surface area contributed by atoms with Crippen molar-refractivity contribution in [3.8, 4) is 0 Å². The van der Waals surface area contributed by atoms with Crippen LogP contribution in [0.15, 0.2) is 28.7 Å². The number of Topliss-reactive ketones (excluding diaryl/α,β-unsaturated/α-hetero) is 1. The highest BCUT2D eigenvalue weighted by molar-refractivity contribution is 6.03. The summed E-state index contributed by atoms with van der Waals surface area (Å²) in [4.78, 5) is 12.6. The average molecular weight is 257 g/mol. The molecule has 3 heteroatoms. The molecular formula is C16H19NO2. The van der Waals surface area contributed by atoms with E-state index >= 15 is 0 Å². The van der Waals surface area contributed by atoms with Crippen molar-refractivity contribution >= 4 is 16.8 Å². The predicted octanol–water partition coefficient (Wildman–Crippen LogP) is 3.46. The molecule has 100 valence electrons. The normalized spacial score (nSPS) is 23.7. The number of hydrogen-bond donors (Lipinski definition) is 1. The Balaban J connectivity index is 1.97. The summed E-state index contributed by atoms with van der Waals surface area (Å²) in [6.07, 6.45) is 3.11. The van der Waals surface area contributed by atoms with E-state index in [4.69, 9.17) is 4.42 Å². The van der Waals surface area contributed by atoms with Gasteiger partial charge in [-0.2, -0.15) is 0 Å². The van der Waals surface area contributed by atoms with Gasteiger partial charge in [0.15, 0.2) is 5.76 Å². The van der Waals surface area contributed by atoms with Crippen LogP contribution >= 0.6 is 0 Å². The van der Waals surface area contributed by atoms with Gasteiger partial charge in [-0.15, -0.1) is 0 Å². The topological polar surface area (TPSA) is 42.2 Å². The van der Waals surface area contributed by atoms with Crippen molar-refractivity contribution in [3.63, 3.8) is 0 Å². The Morgan fingerprint density at radius 3 is 2.89 bits per heavy atom. The number of ketones is 1. The summed E-state index contributed by atoms with van der Waals surface area (Å²) in [5, 5.41) is 4.34. The summed E-state index contributed by atoms with van der Waals surface area (Å²) < 4.78 is 5.71. The molecule has 0 spiro atoms. The molecular weight excluding hydrogens is 238 g/mol. The lowest BCUT2D eigenvalue weighted by Crippen LogP contribution is -2.52. The van der Waals surface area contributed by atoms with E-state index < -0.39 is 5.54 Å². The number of furan rings is 1. The minimum absolute atomic E-state index is 0.0704. The van der Waals surface area contributed by atoms with Gasteiger partial charge in [0, 0.05) is 5.39 Å². The van der Waals surface area contributed by atoms with Crippen molar-refractivity contribution in [2.24, 2.45) is 0 Å². The Morgan fingerprint density at radius 2 is 2.16 bits per heavy atom. The zero-order chi connectivity index (χ0) is 13.5. The van der Waals surface area contributed by atoms with Crippen molar-refractivity contribution in [1.29, 1.82) is 0 Å². The third kappa shape index (κ3) is 2.19. The smallest absolute Gasteiger partial charge is 0.217 e. The maximum atomic E-state index is 12.6. The number of aryl methyl sites for hydroxylation is 1. The molecule has 0 aliphatic carbocycles. The first kappa shape index (κ1) is 12.4. The van der Waals surface area contributed by atoms with Crippen LogP contribution in [0.3, 0.4) is 0 Å². The van der Waals surface area contributed by atoms with Gasteiger partial charge in [-0.05, 0) is 57.9 Å². The van der Waals surface area contributed by atoms with Gasteiger partial charge in [-0.25, -0.2) is 0 Å². The number of piperidine rings is 1. The molecule has 3 rings (SSSR count). The van der Waals surface area contributed by atoms with Crippen LogP contribution in [0.1, 0.15) is 42.3 Å². The predicted molar refractivity (Wildman–Crippen MR) is 75.5 cm³/mol. The van der Waals surface area contributed by atoms with Gasteiger partial charge in [0.05, 0.1) is 5.54 Å². The second-order valence-corrected chi connectivity index (χ2v) is 5.70. The van der Waals surface area contributed by atoms with Gasteiger partial charge in [0.1, 0.15) is 5.58 Å². The first-order valence-corrected chi connectivity index (χ1v) is 6.88. The Morgan fingerprint density at radius 1 is 1.32 bits per heavy atom.